The fourth-order valence-corrected chi connectivity index (χ4v) is 4.78. The number of nitrogens with one attached hydrogen (secondary N) is 2. The number of fused-ring (bicyclic) bond motifs is 1. The third-order valence-electron chi connectivity index (χ3n) is 6.53. The number of halogens is 1. The van der Waals surface area contributed by atoms with Gasteiger partial charge < -0.3 is 5.32 Å². The molecule has 2 N–H and O–H groups in total. The number of nitrogens with zero attached hydrogens (tertiary/aromatic N) is 2. The molecule has 1 aromatic heterocycles. The number of carbonyl (C=O) groups excluding carboxylic acids is 2. The van der Waals surface area contributed by atoms with Crippen molar-refractivity contribution in [1.82, 2.24) is 20.2 Å². The molecule has 0 bridgehead atoms. The summed E-state index contributed by atoms with van der Waals surface area (Å²) >= 11 is 6.23. The van der Waals surface area contributed by atoms with E-state index in [1.165, 1.54) is 4.57 Å². The Kier molecular flexibility index (Phi) is 8.31. The summed E-state index contributed by atoms with van der Waals surface area (Å²) in [4.78, 5) is 44.3. The SMILES string of the molecule is CCCCC(Cc1nc2ccccc2c(=O)n1-c1cccc(Cl)c1)C(=O)NC(=O)C1CCCNC1. The molecule has 4 rings (SSSR count). The van der Waals surface area contributed by atoms with Crippen LogP contribution >= 0.6 is 11.6 Å². The molecule has 184 valence electrons. The number of hydrogen-bond acceptors (Lipinski definition) is 5. The van der Waals surface area contributed by atoms with Crippen LogP contribution in [0.1, 0.15) is 44.9 Å². The van der Waals surface area contributed by atoms with E-state index in [-0.39, 0.29) is 29.7 Å². The van der Waals surface area contributed by atoms with E-state index in [1.54, 1.807) is 42.5 Å². The molecule has 1 saturated heterocycles. The first-order chi connectivity index (χ1) is 17.0. The number of aromatic nitrogens is 2. The van der Waals surface area contributed by atoms with Gasteiger partial charge >= 0.3 is 0 Å². The zero-order chi connectivity index (χ0) is 24.8. The Morgan fingerprint density at radius 1 is 1.23 bits per heavy atom. The van der Waals surface area contributed by atoms with E-state index in [2.05, 4.69) is 17.6 Å². The van der Waals surface area contributed by atoms with Crippen molar-refractivity contribution in [2.24, 2.45) is 11.8 Å². The molecule has 2 heterocycles. The Hall–Kier alpha value is -3.03. The number of benzene rings is 2. The van der Waals surface area contributed by atoms with E-state index in [9.17, 15) is 14.4 Å². The third-order valence-corrected chi connectivity index (χ3v) is 6.77. The van der Waals surface area contributed by atoms with Crippen molar-refractivity contribution < 1.29 is 9.59 Å². The van der Waals surface area contributed by atoms with Gasteiger partial charge in [0.1, 0.15) is 5.82 Å². The molecule has 1 fully saturated rings. The summed E-state index contributed by atoms with van der Waals surface area (Å²) in [6.07, 6.45) is 4.25. The van der Waals surface area contributed by atoms with Gasteiger partial charge in [0.25, 0.3) is 5.56 Å². The Balaban J connectivity index is 1.69. The summed E-state index contributed by atoms with van der Waals surface area (Å²) in [6, 6.07) is 14.2. The van der Waals surface area contributed by atoms with E-state index in [4.69, 9.17) is 16.6 Å². The van der Waals surface area contributed by atoms with Crippen molar-refractivity contribution >= 4 is 34.3 Å². The lowest BCUT2D eigenvalue weighted by Crippen LogP contribution is -2.45. The summed E-state index contributed by atoms with van der Waals surface area (Å²) in [7, 11) is 0. The Morgan fingerprint density at radius 3 is 2.80 bits per heavy atom. The lowest BCUT2D eigenvalue weighted by atomic mass is 9.95. The quantitative estimate of drug-likeness (QED) is 0.493. The molecule has 1 aliphatic heterocycles. The standard InChI is InChI=1S/C27H31ClN4O3/c1-2-3-8-18(25(33)31-26(34)19-9-7-14-29-17-19)15-24-30-23-13-5-4-12-22(23)27(35)32(24)21-11-6-10-20(28)16-21/h4-6,10-13,16,18-19,29H,2-3,7-9,14-15,17H2,1H3,(H,31,33,34). The minimum Gasteiger partial charge on any atom is -0.316 e. The van der Waals surface area contributed by atoms with Crippen molar-refractivity contribution in [3.63, 3.8) is 0 Å². The minimum absolute atomic E-state index is 0.206. The van der Waals surface area contributed by atoms with Gasteiger partial charge in [0.05, 0.1) is 22.5 Å². The molecule has 2 aromatic carbocycles. The van der Waals surface area contributed by atoms with Crippen LogP contribution in [0, 0.1) is 11.8 Å². The predicted octanol–water partition coefficient (Wildman–Crippen LogP) is 4.03. The van der Waals surface area contributed by atoms with Gasteiger partial charge in [0.2, 0.25) is 11.8 Å². The van der Waals surface area contributed by atoms with Gasteiger partial charge in [-0.2, -0.15) is 0 Å². The summed E-state index contributed by atoms with van der Waals surface area (Å²) in [5.41, 5.74) is 0.950. The Morgan fingerprint density at radius 2 is 2.06 bits per heavy atom. The number of imide groups is 1. The molecule has 3 aromatic rings. The molecule has 1 aliphatic rings. The number of piperidine rings is 1. The predicted molar refractivity (Wildman–Crippen MR) is 138 cm³/mol. The first kappa shape index (κ1) is 25.1. The molecule has 2 unspecified atom stereocenters. The largest absolute Gasteiger partial charge is 0.316 e. The number of hydrogen-bond donors (Lipinski definition) is 2. The zero-order valence-electron chi connectivity index (χ0n) is 19.9. The molecule has 0 radical (unpaired) electrons. The molecule has 0 aliphatic carbocycles. The second-order valence-electron chi connectivity index (χ2n) is 9.11. The molecule has 2 amide bonds. The fraction of sp³-hybridized carbons (Fsp3) is 0.407. The highest BCUT2D eigenvalue weighted by atomic mass is 35.5. The van der Waals surface area contributed by atoms with E-state index >= 15 is 0 Å². The summed E-state index contributed by atoms with van der Waals surface area (Å²) in [5, 5.41) is 6.85. The van der Waals surface area contributed by atoms with Crippen molar-refractivity contribution in [2.75, 3.05) is 13.1 Å². The minimum atomic E-state index is -0.492. The summed E-state index contributed by atoms with van der Waals surface area (Å²) in [6.45, 7) is 3.54. The van der Waals surface area contributed by atoms with Crippen LogP contribution in [0.3, 0.4) is 0 Å². The first-order valence-electron chi connectivity index (χ1n) is 12.3. The lowest BCUT2D eigenvalue weighted by molar-refractivity contribution is -0.135. The van der Waals surface area contributed by atoms with Crippen molar-refractivity contribution in [3.05, 3.63) is 69.7 Å². The van der Waals surface area contributed by atoms with Crippen molar-refractivity contribution in [2.45, 2.75) is 45.4 Å². The van der Waals surface area contributed by atoms with Gasteiger partial charge in [-0.3, -0.25) is 24.3 Å². The van der Waals surface area contributed by atoms with Crippen molar-refractivity contribution in [3.8, 4) is 5.69 Å². The topological polar surface area (TPSA) is 93.1 Å². The van der Waals surface area contributed by atoms with Crippen LogP contribution in [0.5, 0.6) is 0 Å². The number of para-hydroxylation sites is 1. The number of carbonyl (C=O) groups is 2. The molecule has 7 nitrogen and oxygen atoms in total. The van der Waals surface area contributed by atoms with Crippen LogP contribution in [0.25, 0.3) is 16.6 Å². The molecule has 35 heavy (non-hydrogen) atoms. The number of rotatable bonds is 8. The maximum atomic E-state index is 13.5. The smallest absolute Gasteiger partial charge is 0.265 e. The fourth-order valence-electron chi connectivity index (χ4n) is 4.60. The Labute approximate surface area is 209 Å². The van der Waals surface area contributed by atoms with Gasteiger partial charge in [-0.05, 0) is 56.1 Å². The second-order valence-corrected chi connectivity index (χ2v) is 9.54. The van der Waals surface area contributed by atoms with Crippen LogP contribution in [0.15, 0.2) is 53.3 Å². The molecule has 0 spiro atoms. The highest BCUT2D eigenvalue weighted by Gasteiger charge is 2.27. The van der Waals surface area contributed by atoms with Crippen LogP contribution in [0.2, 0.25) is 5.02 Å². The van der Waals surface area contributed by atoms with Crippen LogP contribution < -0.4 is 16.2 Å². The van der Waals surface area contributed by atoms with E-state index in [0.717, 1.165) is 32.2 Å². The van der Waals surface area contributed by atoms with Crippen LogP contribution in [-0.4, -0.2) is 34.5 Å². The summed E-state index contributed by atoms with van der Waals surface area (Å²) in [5.74, 6) is -0.771. The summed E-state index contributed by atoms with van der Waals surface area (Å²) < 4.78 is 1.54. The van der Waals surface area contributed by atoms with E-state index in [0.29, 0.717) is 40.4 Å². The number of amides is 2. The molecule has 8 heteroatoms. The van der Waals surface area contributed by atoms with Gasteiger partial charge in [-0.1, -0.05) is 49.6 Å². The molecule has 0 saturated carbocycles. The van der Waals surface area contributed by atoms with Crippen molar-refractivity contribution in [1.29, 1.82) is 0 Å². The third kappa shape index (κ3) is 5.97. The lowest BCUT2D eigenvalue weighted by Gasteiger charge is -2.23. The Bertz CT molecular complexity index is 1270. The molecular formula is C27H31ClN4O3. The average Bonchev–Trinajstić information content (AvgIpc) is 2.87. The highest BCUT2D eigenvalue weighted by molar-refractivity contribution is 6.30. The van der Waals surface area contributed by atoms with E-state index < -0.39 is 5.92 Å². The van der Waals surface area contributed by atoms with Gasteiger partial charge in [-0.25, -0.2) is 4.98 Å². The van der Waals surface area contributed by atoms with Gasteiger partial charge in [-0.15, -0.1) is 0 Å². The monoisotopic (exact) mass is 494 g/mol. The normalized spacial score (nSPS) is 16.7. The molecule has 2 atom stereocenters. The van der Waals surface area contributed by atoms with Gasteiger partial charge in [0, 0.05) is 23.9 Å². The van der Waals surface area contributed by atoms with Crippen LogP contribution in [-0.2, 0) is 16.0 Å². The maximum absolute atomic E-state index is 13.5. The average molecular weight is 495 g/mol. The molecular weight excluding hydrogens is 464 g/mol. The highest BCUT2D eigenvalue weighted by Crippen LogP contribution is 2.21. The maximum Gasteiger partial charge on any atom is 0.265 e. The van der Waals surface area contributed by atoms with Crippen LogP contribution in [0.4, 0.5) is 0 Å². The number of unbranched alkanes of at least 4 members (excludes halogenated alkanes) is 1. The first-order valence-corrected chi connectivity index (χ1v) is 12.7. The second kappa shape index (κ2) is 11.6. The zero-order valence-corrected chi connectivity index (χ0v) is 20.7. The van der Waals surface area contributed by atoms with E-state index in [1.807, 2.05) is 6.07 Å². The van der Waals surface area contributed by atoms with Gasteiger partial charge in [0.15, 0.2) is 0 Å².